The minimum Gasteiger partial charge on any atom is -0.494 e. The van der Waals surface area contributed by atoms with Crippen LogP contribution in [0.5, 0.6) is 5.75 Å². The molecule has 0 radical (unpaired) electrons. The summed E-state index contributed by atoms with van der Waals surface area (Å²) in [6.45, 7) is 2.18. The van der Waals surface area contributed by atoms with Crippen LogP contribution in [0, 0.1) is 0 Å². The van der Waals surface area contributed by atoms with Gasteiger partial charge in [-0.15, -0.1) is 0 Å². The summed E-state index contributed by atoms with van der Waals surface area (Å²) in [6.07, 6.45) is 9.30. The van der Waals surface area contributed by atoms with E-state index in [-0.39, 0.29) is 0 Å². The maximum Gasteiger partial charge on any atom is 0.182 e. The predicted octanol–water partition coefficient (Wildman–Crippen LogP) is 3.20. The van der Waals surface area contributed by atoms with E-state index in [0.29, 0.717) is 0 Å². The molecule has 0 aliphatic carbocycles. The van der Waals surface area contributed by atoms with Crippen molar-refractivity contribution >= 4 is 27.8 Å². The molecule has 1 aliphatic rings. The normalized spacial score (nSPS) is 13.7. The Kier molecular flexibility index (Phi) is 4.59. The minimum atomic E-state index is 0.752. The van der Waals surface area contributed by atoms with Crippen LogP contribution in [0.1, 0.15) is 12.8 Å². The van der Waals surface area contributed by atoms with Gasteiger partial charge in [-0.05, 0) is 12.8 Å². The first-order chi connectivity index (χ1) is 12.9. The zero-order valence-electron chi connectivity index (χ0n) is 14.6. The molecule has 5 rings (SSSR count). The number of rotatable bonds is 2. The highest BCUT2D eigenvalue weighted by atomic mass is 16.5. The summed E-state index contributed by atoms with van der Waals surface area (Å²) in [6, 6.07) is 8.02. The quantitative estimate of drug-likeness (QED) is 0.599. The second-order valence-corrected chi connectivity index (χ2v) is 6.06. The number of hydrogen-bond donors (Lipinski definition) is 1. The molecule has 1 fully saturated rings. The zero-order chi connectivity index (χ0) is 17.8. The molecule has 1 aliphatic heterocycles. The van der Waals surface area contributed by atoms with Crippen LogP contribution in [-0.2, 0) is 0 Å². The number of fused-ring (bicyclic) bond motifs is 2. The topological polar surface area (TPSA) is 79.8 Å². The van der Waals surface area contributed by atoms with Crippen molar-refractivity contribution in [3.8, 4) is 5.75 Å². The number of benzene rings is 1. The van der Waals surface area contributed by atoms with Gasteiger partial charge in [-0.25, -0.2) is 15.0 Å². The SMILES string of the molecule is COc1cncc2ccccc12.c1nc(N2CCCC2)c2[nH]cnc2n1. The van der Waals surface area contributed by atoms with Crippen molar-refractivity contribution in [1.29, 1.82) is 0 Å². The third-order valence-electron chi connectivity index (χ3n) is 4.46. The summed E-state index contributed by atoms with van der Waals surface area (Å²) in [7, 11) is 1.66. The van der Waals surface area contributed by atoms with Gasteiger partial charge in [-0.3, -0.25) is 4.98 Å². The number of methoxy groups -OCH3 is 1. The average Bonchev–Trinajstić information content (AvgIpc) is 3.39. The van der Waals surface area contributed by atoms with Gasteiger partial charge < -0.3 is 14.6 Å². The van der Waals surface area contributed by atoms with Crippen molar-refractivity contribution in [3.63, 3.8) is 0 Å². The molecule has 0 unspecified atom stereocenters. The summed E-state index contributed by atoms with van der Waals surface area (Å²) in [4.78, 5) is 21.9. The van der Waals surface area contributed by atoms with Crippen molar-refractivity contribution in [2.75, 3.05) is 25.1 Å². The maximum atomic E-state index is 5.16. The first-order valence-electron chi connectivity index (χ1n) is 8.62. The van der Waals surface area contributed by atoms with Crippen LogP contribution in [0.3, 0.4) is 0 Å². The fourth-order valence-electron chi connectivity index (χ4n) is 3.17. The van der Waals surface area contributed by atoms with Gasteiger partial charge in [0.2, 0.25) is 0 Å². The first kappa shape index (κ1) is 16.3. The predicted molar refractivity (Wildman–Crippen MR) is 101 cm³/mol. The van der Waals surface area contributed by atoms with Crippen LogP contribution in [0.4, 0.5) is 5.82 Å². The van der Waals surface area contributed by atoms with E-state index in [1.807, 2.05) is 30.5 Å². The van der Waals surface area contributed by atoms with Crippen LogP contribution >= 0.6 is 0 Å². The van der Waals surface area contributed by atoms with Crippen molar-refractivity contribution < 1.29 is 4.74 Å². The molecular weight excluding hydrogens is 328 g/mol. The lowest BCUT2D eigenvalue weighted by Crippen LogP contribution is -2.19. The van der Waals surface area contributed by atoms with E-state index in [1.165, 1.54) is 12.8 Å². The van der Waals surface area contributed by atoms with Gasteiger partial charge >= 0.3 is 0 Å². The smallest absolute Gasteiger partial charge is 0.182 e. The molecule has 0 atom stereocenters. The average molecular weight is 348 g/mol. The summed E-state index contributed by atoms with van der Waals surface area (Å²) in [5, 5.41) is 2.21. The molecule has 0 spiro atoms. The molecule has 1 saturated heterocycles. The van der Waals surface area contributed by atoms with Crippen LogP contribution in [0.15, 0.2) is 49.3 Å². The number of imidazole rings is 1. The monoisotopic (exact) mass is 348 g/mol. The molecule has 4 heterocycles. The fourth-order valence-corrected chi connectivity index (χ4v) is 3.17. The van der Waals surface area contributed by atoms with E-state index in [2.05, 4.69) is 29.8 Å². The van der Waals surface area contributed by atoms with Crippen LogP contribution < -0.4 is 9.64 Å². The molecule has 0 bridgehead atoms. The van der Waals surface area contributed by atoms with E-state index >= 15 is 0 Å². The highest BCUT2D eigenvalue weighted by Gasteiger charge is 2.17. The largest absolute Gasteiger partial charge is 0.494 e. The third-order valence-corrected chi connectivity index (χ3v) is 4.46. The van der Waals surface area contributed by atoms with Crippen LogP contribution in [0.2, 0.25) is 0 Å². The maximum absolute atomic E-state index is 5.16. The number of anilines is 1. The van der Waals surface area contributed by atoms with Gasteiger partial charge in [0, 0.05) is 30.1 Å². The Morgan fingerprint density at radius 2 is 1.88 bits per heavy atom. The standard InChI is InChI=1S/C10H9NO.C9H11N5/c1-12-10-7-11-6-8-4-2-3-5-9(8)10;1-2-4-14(3-1)9-7-8(11-5-10-7)12-6-13-9/h2-7H,1H3;5-6H,1-4H2,(H,10,11,12,13). The highest BCUT2D eigenvalue weighted by Crippen LogP contribution is 2.23. The summed E-state index contributed by atoms with van der Waals surface area (Å²) >= 11 is 0. The van der Waals surface area contributed by atoms with E-state index in [1.54, 1.807) is 26.0 Å². The lowest BCUT2D eigenvalue weighted by molar-refractivity contribution is 0.418. The number of pyridine rings is 1. The molecule has 132 valence electrons. The highest BCUT2D eigenvalue weighted by molar-refractivity contribution is 5.87. The molecule has 7 nitrogen and oxygen atoms in total. The summed E-state index contributed by atoms with van der Waals surface area (Å²) in [5.41, 5.74) is 1.70. The van der Waals surface area contributed by atoms with Gasteiger partial charge in [-0.2, -0.15) is 0 Å². The Morgan fingerprint density at radius 1 is 1.04 bits per heavy atom. The Hall–Kier alpha value is -3.22. The second-order valence-electron chi connectivity index (χ2n) is 6.06. The van der Waals surface area contributed by atoms with Crippen molar-refractivity contribution in [2.45, 2.75) is 12.8 Å². The number of nitrogens with one attached hydrogen (secondary N) is 1. The number of ether oxygens (including phenoxy) is 1. The van der Waals surface area contributed by atoms with Crippen LogP contribution in [-0.4, -0.2) is 45.1 Å². The molecule has 1 aromatic carbocycles. The number of hydrogen-bond acceptors (Lipinski definition) is 6. The Balaban J connectivity index is 0.000000131. The molecule has 4 aromatic rings. The molecule has 0 amide bonds. The van der Waals surface area contributed by atoms with E-state index < -0.39 is 0 Å². The first-order valence-corrected chi connectivity index (χ1v) is 8.62. The van der Waals surface area contributed by atoms with E-state index in [9.17, 15) is 0 Å². The van der Waals surface area contributed by atoms with Crippen molar-refractivity contribution in [2.24, 2.45) is 0 Å². The molecule has 3 aromatic heterocycles. The van der Waals surface area contributed by atoms with Gasteiger partial charge in [0.05, 0.1) is 19.6 Å². The third kappa shape index (κ3) is 3.15. The van der Waals surface area contributed by atoms with E-state index in [4.69, 9.17) is 4.74 Å². The Labute approximate surface area is 151 Å². The van der Waals surface area contributed by atoms with Gasteiger partial charge in [-0.1, -0.05) is 24.3 Å². The summed E-state index contributed by atoms with van der Waals surface area (Å²) in [5.74, 6) is 1.82. The second kappa shape index (κ2) is 7.35. The lowest BCUT2D eigenvalue weighted by Gasteiger charge is -2.15. The summed E-state index contributed by atoms with van der Waals surface area (Å²) < 4.78 is 5.16. The molecule has 26 heavy (non-hydrogen) atoms. The molecular formula is C19H20N6O. The molecule has 0 saturated carbocycles. The number of aromatic nitrogens is 5. The van der Waals surface area contributed by atoms with Crippen molar-refractivity contribution in [1.82, 2.24) is 24.9 Å². The van der Waals surface area contributed by atoms with Gasteiger partial charge in [0.25, 0.3) is 0 Å². The van der Waals surface area contributed by atoms with Gasteiger partial charge in [0.15, 0.2) is 11.5 Å². The Bertz CT molecular complexity index is 1000. The van der Waals surface area contributed by atoms with Crippen molar-refractivity contribution in [3.05, 3.63) is 49.3 Å². The molecule has 7 heteroatoms. The Morgan fingerprint density at radius 3 is 2.73 bits per heavy atom. The lowest BCUT2D eigenvalue weighted by atomic mass is 10.2. The van der Waals surface area contributed by atoms with Gasteiger partial charge in [0.1, 0.15) is 17.6 Å². The number of nitrogens with zero attached hydrogens (tertiary/aromatic N) is 5. The number of aromatic amines is 1. The molecule has 1 N–H and O–H groups in total. The van der Waals surface area contributed by atoms with E-state index in [0.717, 1.165) is 46.6 Å². The van der Waals surface area contributed by atoms with Crippen LogP contribution in [0.25, 0.3) is 21.9 Å². The zero-order valence-corrected chi connectivity index (χ0v) is 14.6. The number of H-pyrrole nitrogens is 1. The minimum absolute atomic E-state index is 0.752. The fraction of sp³-hybridized carbons (Fsp3) is 0.263.